The molecule has 66 valence electrons. The Morgan fingerprint density at radius 2 is 2.18 bits per heavy atom. The normalized spacial score (nSPS) is 9.27. The molecule has 0 bridgehead atoms. The first kappa shape index (κ1) is 10.6. The molecule has 11 heavy (non-hydrogen) atoms. The van der Waals surface area contributed by atoms with Gasteiger partial charge < -0.3 is 9.47 Å². The van der Waals surface area contributed by atoms with E-state index in [0.717, 1.165) is 18.6 Å². The fourth-order valence-corrected chi connectivity index (χ4v) is 1.06. The van der Waals surface area contributed by atoms with E-state index >= 15 is 0 Å². The van der Waals surface area contributed by atoms with Gasteiger partial charge in [0.1, 0.15) is 0 Å². The SMILES string of the molecule is COC(=O)OCCCCSC. The van der Waals surface area contributed by atoms with Crippen molar-refractivity contribution in [2.45, 2.75) is 12.8 Å². The van der Waals surface area contributed by atoms with Crippen molar-refractivity contribution in [2.75, 3.05) is 25.7 Å². The zero-order valence-corrected chi connectivity index (χ0v) is 7.78. The van der Waals surface area contributed by atoms with E-state index in [1.165, 1.54) is 7.11 Å². The number of rotatable bonds is 5. The Kier molecular flexibility index (Phi) is 7.46. The molecule has 0 aromatic carbocycles. The first-order valence-corrected chi connectivity index (χ1v) is 4.90. The number of methoxy groups -OCH3 is 1. The van der Waals surface area contributed by atoms with Crippen LogP contribution in [0.25, 0.3) is 0 Å². The van der Waals surface area contributed by atoms with Gasteiger partial charge in [-0.1, -0.05) is 0 Å². The molecule has 3 nitrogen and oxygen atoms in total. The minimum atomic E-state index is -0.589. The average Bonchev–Trinajstić information content (AvgIpc) is 2.04. The highest BCUT2D eigenvalue weighted by atomic mass is 32.2. The van der Waals surface area contributed by atoms with E-state index in [1.54, 1.807) is 11.8 Å². The minimum Gasteiger partial charge on any atom is -0.438 e. The molecular formula is C7H14O3S. The number of hydrogen-bond acceptors (Lipinski definition) is 4. The Balaban J connectivity index is 2.95. The minimum absolute atomic E-state index is 0.466. The molecule has 0 heterocycles. The van der Waals surface area contributed by atoms with Gasteiger partial charge in [-0.15, -0.1) is 0 Å². The number of hydrogen-bond donors (Lipinski definition) is 0. The first-order chi connectivity index (χ1) is 5.31. The van der Waals surface area contributed by atoms with Crippen LogP contribution >= 0.6 is 11.8 Å². The van der Waals surface area contributed by atoms with Crippen LogP contribution in [-0.4, -0.2) is 31.9 Å². The molecular weight excluding hydrogens is 164 g/mol. The highest BCUT2D eigenvalue weighted by Gasteiger charge is 1.97. The highest BCUT2D eigenvalue weighted by Crippen LogP contribution is 1.99. The van der Waals surface area contributed by atoms with Crippen molar-refractivity contribution < 1.29 is 14.3 Å². The summed E-state index contributed by atoms with van der Waals surface area (Å²) >= 11 is 1.79. The van der Waals surface area contributed by atoms with Gasteiger partial charge in [-0.25, -0.2) is 4.79 Å². The maximum absolute atomic E-state index is 10.4. The Hall–Kier alpha value is -0.380. The number of carbonyl (C=O) groups excluding carboxylic acids is 1. The van der Waals surface area contributed by atoms with Gasteiger partial charge >= 0.3 is 6.16 Å². The van der Waals surface area contributed by atoms with Crippen molar-refractivity contribution in [3.05, 3.63) is 0 Å². The lowest BCUT2D eigenvalue weighted by atomic mass is 10.4. The second-order valence-corrected chi connectivity index (χ2v) is 2.99. The molecule has 4 heteroatoms. The summed E-state index contributed by atoms with van der Waals surface area (Å²) < 4.78 is 8.96. The smallest absolute Gasteiger partial charge is 0.438 e. The van der Waals surface area contributed by atoms with Crippen molar-refractivity contribution >= 4 is 17.9 Å². The van der Waals surface area contributed by atoms with Crippen LogP contribution in [0.5, 0.6) is 0 Å². The van der Waals surface area contributed by atoms with Gasteiger partial charge in [0.05, 0.1) is 13.7 Å². The number of thioether (sulfide) groups is 1. The maximum atomic E-state index is 10.4. The van der Waals surface area contributed by atoms with Crippen LogP contribution in [-0.2, 0) is 9.47 Å². The fourth-order valence-electron chi connectivity index (χ4n) is 0.563. The van der Waals surface area contributed by atoms with E-state index in [2.05, 4.69) is 15.7 Å². The summed E-state index contributed by atoms with van der Waals surface area (Å²) in [5.74, 6) is 1.12. The third-order valence-corrected chi connectivity index (χ3v) is 1.83. The average molecular weight is 178 g/mol. The summed E-state index contributed by atoms with van der Waals surface area (Å²) in [6.07, 6.45) is 3.46. The molecule has 0 aliphatic carbocycles. The van der Waals surface area contributed by atoms with Crippen molar-refractivity contribution in [3.63, 3.8) is 0 Å². The predicted molar refractivity (Wildman–Crippen MR) is 46.0 cm³/mol. The molecule has 0 unspecified atom stereocenters. The van der Waals surface area contributed by atoms with Gasteiger partial charge in [0.25, 0.3) is 0 Å². The molecule has 0 amide bonds. The molecule has 0 aromatic rings. The zero-order chi connectivity index (χ0) is 8.53. The Labute approximate surface area is 71.4 Å². The molecule has 0 radical (unpaired) electrons. The number of ether oxygens (including phenoxy) is 2. The largest absolute Gasteiger partial charge is 0.507 e. The topological polar surface area (TPSA) is 35.5 Å². The number of carbonyl (C=O) groups is 1. The van der Waals surface area contributed by atoms with Gasteiger partial charge in [-0.2, -0.15) is 11.8 Å². The standard InChI is InChI=1S/C7H14O3S/c1-9-7(8)10-5-3-4-6-11-2/h3-6H2,1-2H3. The summed E-state index contributed by atoms with van der Waals surface area (Å²) in [5, 5.41) is 0. The van der Waals surface area contributed by atoms with E-state index in [9.17, 15) is 4.79 Å². The Morgan fingerprint density at radius 1 is 1.45 bits per heavy atom. The zero-order valence-electron chi connectivity index (χ0n) is 6.96. The molecule has 0 saturated carbocycles. The Morgan fingerprint density at radius 3 is 2.73 bits per heavy atom. The van der Waals surface area contributed by atoms with Crippen LogP contribution in [0.1, 0.15) is 12.8 Å². The van der Waals surface area contributed by atoms with Crippen molar-refractivity contribution in [3.8, 4) is 0 Å². The summed E-state index contributed by atoms with van der Waals surface area (Å²) in [4.78, 5) is 10.4. The van der Waals surface area contributed by atoms with E-state index < -0.39 is 6.16 Å². The summed E-state index contributed by atoms with van der Waals surface area (Å²) in [7, 11) is 1.31. The lowest BCUT2D eigenvalue weighted by molar-refractivity contribution is 0.0718. The number of unbranched alkanes of at least 4 members (excludes halogenated alkanes) is 1. The molecule has 0 spiro atoms. The van der Waals surface area contributed by atoms with Gasteiger partial charge in [0.15, 0.2) is 0 Å². The second-order valence-electron chi connectivity index (χ2n) is 2.00. The van der Waals surface area contributed by atoms with Gasteiger partial charge in [-0.3, -0.25) is 0 Å². The summed E-state index contributed by atoms with van der Waals surface area (Å²) in [6, 6.07) is 0. The molecule has 0 aromatic heterocycles. The van der Waals surface area contributed by atoms with E-state index in [0.29, 0.717) is 6.61 Å². The second kappa shape index (κ2) is 7.72. The molecule has 0 atom stereocenters. The molecule has 0 aliphatic heterocycles. The maximum Gasteiger partial charge on any atom is 0.507 e. The van der Waals surface area contributed by atoms with E-state index in [4.69, 9.17) is 0 Å². The summed E-state index contributed by atoms with van der Waals surface area (Å²) in [6.45, 7) is 0.466. The van der Waals surface area contributed by atoms with Crippen molar-refractivity contribution in [2.24, 2.45) is 0 Å². The van der Waals surface area contributed by atoms with Crippen LogP contribution in [0.3, 0.4) is 0 Å². The lowest BCUT2D eigenvalue weighted by Crippen LogP contribution is -2.05. The van der Waals surface area contributed by atoms with Gasteiger partial charge in [0, 0.05) is 0 Å². The summed E-state index contributed by atoms with van der Waals surface area (Å²) in [5.41, 5.74) is 0. The molecule has 0 fully saturated rings. The Bertz CT molecular complexity index is 106. The molecule has 0 rings (SSSR count). The fraction of sp³-hybridized carbons (Fsp3) is 0.857. The quantitative estimate of drug-likeness (QED) is 0.476. The monoisotopic (exact) mass is 178 g/mol. The predicted octanol–water partition coefficient (Wildman–Crippen LogP) is 1.91. The van der Waals surface area contributed by atoms with Crippen LogP contribution in [0, 0.1) is 0 Å². The highest BCUT2D eigenvalue weighted by molar-refractivity contribution is 7.98. The first-order valence-electron chi connectivity index (χ1n) is 3.51. The van der Waals surface area contributed by atoms with Gasteiger partial charge in [-0.05, 0) is 24.9 Å². The van der Waals surface area contributed by atoms with Crippen molar-refractivity contribution in [1.82, 2.24) is 0 Å². The van der Waals surface area contributed by atoms with Gasteiger partial charge in [0.2, 0.25) is 0 Å². The third kappa shape index (κ3) is 7.52. The molecule has 0 N–H and O–H groups in total. The van der Waals surface area contributed by atoms with E-state index in [-0.39, 0.29) is 0 Å². The van der Waals surface area contributed by atoms with Crippen LogP contribution < -0.4 is 0 Å². The molecule has 0 saturated heterocycles. The third-order valence-electron chi connectivity index (χ3n) is 1.13. The molecule has 0 aliphatic rings. The van der Waals surface area contributed by atoms with Crippen LogP contribution in [0.4, 0.5) is 4.79 Å². The van der Waals surface area contributed by atoms with Crippen LogP contribution in [0.15, 0.2) is 0 Å². The van der Waals surface area contributed by atoms with E-state index in [1.807, 2.05) is 0 Å². The van der Waals surface area contributed by atoms with Crippen molar-refractivity contribution in [1.29, 1.82) is 0 Å². The lowest BCUT2D eigenvalue weighted by Gasteiger charge is -2.01. The van der Waals surface area contributed by atoms with Crippen LogP contribution in [0.2, 0.25) is 0 Å².